The Balaban J connectivity index is 3.18. The van der Waals surface area contributed by atoms with Gasteiger partial charge in [0.2, 0.25) is 0 Å². The highest BCUT2D eigenvalue weighted by molar-refractivity contribution is 5.68. The molecule has 0 amide bonds. The quantitative estimate of drug-likeness (QED) is 0.235. The van der Waals surface area contributed by atoms with Gasteiger partial charge in [0, 0.05) is 6.42 Å². The van der Waals surface area contributed by atoms with Gasteiger partial charge in [-0.2, -0.15) is 0 Å². The van der Waals surface area contributed by atoms with Crippen LogP contribution in [0.25, 0.3) is 0 Å². The minimum absolute atomic E-state index is 0.0662. The molecule has 1 atom stereocenters. The van der Waals surface area contributed by atoms with Gasteiger partial charge in [0.25, 0.3) is 0 Å². The topological polar surface area (TPSA) is 26.3 Å². The van der Waals surface area contributed by atoms with E-state index in [2.05, 4.69) is 18.6 Å². The van der Waals surface area contributed by atoms with Gasteiger partial charge in [-0.3, -0.25) is 4.79 Å². The Morgan fingerprint density at radius 3 is 1.73 bits per heavy atom. The molecule has 0 bridgehead atoms. The molecule has 0 fully saturated rings. The standard InChI is InChI=1S/C20H40O2/c1-4-5-6-7-10-13-16-19(2)17-14-11-8-9-12-15-18-20(21)22-3/h19H,4-18H2,1-3H3/t19-/m1/s1. The lowest BCUT2D eigenvalue weighted by molar-refractivity contribution is -0.140. The van der Waals surface area contributed by atoms with E-state index < -0.39 is 0 Å². The zero-order valence-corrected chi connectivity index (χ0v) is 15.5. The second-order valence-electron chi connectivity index (χ2n) is 6.90. The molecule has 22 heavy (non-hydrogen) atoms. The molecule has 0 aromatic rings. The first-order valence-electron chi connectivity index (χ1n) is 9.77. The first-order chi connectivity index (χ1) is 10.7. The lowest BCUT2D eigenvalue weighted by Gasteiger charge is -2.11. The average molecular weight is 313 g/mol. The van der Waals surface area contributed by atoms with Crippen molar-refractivity contribution in [1.29, 1.82) is 0 Å². The molecule has 132 valence electrons. The summed E-state index contributed by atoms with van der Waals surface area (Å²) in [5.74, 6) is 0.842. The smallest absolute Gasteiger partial charge is 0.305 e. The Bertz CT molecular complexity index is 238. The van der Waals surface area contributed by atoms with Crippen LogP contribution in [0.3, 0.4) is 0 Å². The fourth-order valence-corrected chi connectivity index (χ4v) is 2.99. The second-order valence-corrected chi connectivity index (χ2v) is 6.90. The maximum Gasteiger partial charge on any atom is 0.305 e. The molecule has 2 nitrogen and oxygen atoms in total. The minimum atomic E-state index is -0.0662. The molecule has 0 heterocycles. The summed E-state index contributed by atoms with van der Waals surface area (Å²) in [7, 11) is 1.47. The summed E-state index contributed by atoms with van der Waals surface area (Å²) in [6, 6.07) is 0. The molecule has 0 aromatic heterocycles. The Hall–Kier alpha value is -0.530. The largest absolute Gasteiger partial charge is 0.469 e. The van der Waals surface area contributed by atoms with E-state index in [1.165, 1.54) is 90.6 Å². The van der Waals surface area contributed by atoms with E-state index in [4.69, 9.17) is 0 Å². The number of rotatable bonds is 16. The van der Waals surface area contributed by atoms with Gasteiger partial charge in [0.05, 0.1) is 7.11 Å². The van der Waals surface area contributed by atoms with Crippen LogP contribution in [0.5, 0.6) is 0 Å². The first kappa shape index (κ1) is 21.5. The predicted octanol–water partition coefficient (Wildman–Crippen LogP) is 6.67. The predicted molar refractivity (Wildman–Crippen MR) is 96.1 cm³/mol. The molecule has 0 saturated heterocycles. The van der Waals surface area contributed by atoms with Crippen molar-refractivity contribution < 1.29 is 9.53 Å². The van der Waals surface area contributed by atoms with Crippen molar-refractivity contribution in [2.24, 2.45) is 5.92 Å². The average Bonchev–Trinajstić information content (AvgIpc) is 2.52. The molecule has 0 spiro atoms. The summed E-state index contributed by atoms with van der Waals surface area (Å²) in [5, 5.41) is 0. The number of esters is 1. The molecule has 0 aromatic carbocycles. The fraction of sp³-hybridized carbons (Fsp3) is 0.950. The normalized spacial score (nSPS) is 12.3. The minimum Gasteiger partial charge on any atom is -0.469 e. The summed E-state index contributed by atoms with van der Waals surface area (Å²) in [4.78, 5) is 11.0. The molecule has 2 heteroatoms. The van der Waals surface area contributed by atoms with Gasteiger partial charge in [-0.1, -0.05) is 97.3 Å². The molecular weight excluding hydrogens is 272 g/mol. The molecule has 0 saturated carbocycles. The van der Waals surface area contributed by atoms with Crippen molar-refractivity contribution in [2.75, 3.05) is 7.11 Å². The summed E-state index contributed by atoms with van der Waals surface area (Å²) in [6.07, 6.45) is 19.4. The van der Waals surface area contributed by atoms with Crippen LogP contribution in [0.1, 0.15) is 110 Å². The van der Waals surface area contributed by atoms with Crippen molar-refractivity contribution in [3.05, 3.63) is 0 Å². The number of methoxy groups -OCH3 is 1. The van der Waals surface area contributed by atoms with Crippen LogP contribution in [0.15, 0.2) is 0 Å². The van der Waals surface area contributed by atoms with Crippen molar-refractivity contribution in [3.8, 4) is 0 Å². The Kier molecular flexibility index (Phi) is 16.4. The molecule has 0 aliphatic heterocycles. The highest BCUT2D eigenvalue weighted by Gasteiger charge is 2.02. The van der Waals surface area contributed by atoms with Crippen molar-refractivity contribution in [3.63, 3.8) is 0 Å². The summed E-state index contributed by atoms with van der Waals surface area (Å²) in [6.45, 7) is 4.70. The van der Waals surface area contributed by atoms with E-state index in [1.807, 2.05) is 0 Å². The Morgan fingerprint density at radius 1 is 0.773 bits per heavy atom. The van der Waals surface area contributed by atoms with E-state index in [0.29, 0.717) is 6.42 Å². The van der Waals surface area contributed by atoms with Crippen LogP contribution in [0.4, 0.5) is 0 Å². The van der Waals surface area contributed by atoms with Gasteiger partial charge in [0.1, 0.15) is 0 Å². The molecule has 0 aliphatic rings. The molecular formula is C20H40O2. The third-order valence-corrected chi connectivity index (χ3v) is 4.61. The number of hydrogen-bond acceptors (Lipinski definition) is 2. The fourth-order valence-electron chi connectivity index (χ4n) is 2.99. The number of carbonyl (C=O) groups is 1. The number of hydrogen-bond donors (Lipinski definition) is 0. The monoisotopic (exact) mass is 312 g/mol. The number of carbonyl (C=O) groups excluding carboxylic acids is 1. The number of ether oxygens (including phenoxy) is 1. The maximum absolute atomic E-state index is 11.0. The van der Waals surface area contributed by atoms with Crippen LogP contribution in [-0.2, 0) is 9.53 Å². The van der Waals surface area contributed by atoms with Gasteiger partial charge in [-0.05, 0) is 12.3 Å². The van der Waals surface area contributed by atoms with Gasteiger partial charge in [0.15, 0.2) is 0 Å². The zero-order valence-electron chi connectivity index (χ0n) is 15.5. The van der Waals surface area contributed by atoms with Crippen LogP contribution >= 0.6 is 0 Å². The van der Waals surface area contributed by atoms with Crippen LogP contribution in [-0.4, -0.2) is 13.1 Å². The highest BCUT2D eigenvalue weighted by Crippen LogP contribution is 2.18. The molecule has 0 N–H and O–H groups in total. The SMILES string of the molecule is CCCCCCCC[C@@H](C)CCCCCCCCC(=O)OC. The van der Waals surface area contributed by atoms with Crippen LogP contribution in [0, 0.1) is 5.92 Å². The van der Waals surface area contributed by atoms with E-state index in [9.17, 15) is 4.79 Å². The maximum atomic E-state index is 11.0. The van der Waals surface area contributed by atoms with Gasteiger partial charge in [-0.25, -0.2) is 0 Å². The van der Waals surface area contributed by atoms with Crippen molar-refractivity contribution in [1.82, 2.24) is 0 Å². The van der Waals surface area contributed by atoms with Crippen LogP contribution < -0.4 is 0 Å². The first-order valence-corrected chi connectivity index (χ1v) is 9.77. The lowest BCUT2D eigenvalue weighted by atomic mass is 9.96. The summed E-state index contributed by atoms with van der Waals surface area (Å²) >= 11 is 0. The van der Waals surface area contributed by atoms with Gasteiger partial charge >= 0.3 is 5.97 Å². The van der Waals surface area contributed by atoms with E-state index >= 15 is 0 Å². The summed E-state index contributed by atoms with van der Waals surface area (Å²) in [5.41, 5.74) is 0. The van der Waals surface area contributed by atoms with Gasteiger partial charge in [-0.15, -0.1) is 0 Å². The lowest BCUT2D eigenvalue weighted by Crippen LogP contribution is -1.99. The molecule has 0 aliphatic carbocycles. The van der Waals surface area contributed by atoms with Crippen molar-refractivity contribution in [2.45, 2.75) is 110 Å². The summed E-state index contributed by atoms with van der Waals surface area (Å²) < 4.78 is 4.64. The third-order valence-electron chi connectivity index (χ3n) is 4.61. The molecule has 0 radical (unpaired) electrons. The van der Waals surface area contributed by atoms with Gasteiger partial charge < -0.3 is 4.74 Å². The molecule has 0 unspecified atom stereocenters. The Labute approximate surface area is 139 Å². The molecule has 0 rings (SSSR count). The highest BCUT2D eigenvalue weighted by atomic mass is 16.5. The van der Waals surface area contributed by atoms with E-state index in [-0.39, 0.29) is 5.97 Å². The van der Waals surface area contributed by atoms with Crippen molar-refractivity contribution >= 4 is 5.97 Å². The van der Waals surface area contributed by atoms with E-state index in [1.54, 1.807) is 0 Å². The Morgan fingerprint density at radius 2 is 1.23 bits per heavy atom. The van der Waals surface area contributed by atoms with Crippen LogP contribution in [0.2, 0.25) is 0 Å². The zero-order chi connectivity index (χ0) is 16.5. The van der Waals surface area contributed by atoms with E-state index in [0.717, 1.165) is 12.3 Å². The number of unbranched alkanes of at least 4 members (excludes halogenated alkanes) is 10. The third kappa shape index (κ3) is 15.9. The second kappa shape index (κ2) is 16.8.